The average Bonchev–Trinajstić information content (AvgIpc) is 2.45. The maximum absolute atomic E-state index is 13.0. The van der Waals surface area contributed by atoms with Crippen molar-refractivity contribution in [2.24, 2.45) is 5.41 Å². The number of hydrogen-bond donors (Lipinski definition) is 2. The van der Waals surface area contributed by atoms with Crippen LogP contribution in [0, 0.1) is 5.41 Å². The van der Waals surface area contributed by atoms with Crippen molar-refractivity contribution >= 4 is 29.1 Å². The van der Waals surface area contributed by atoms with Crippen molar-refractivity contribution in [1.29, 1.82) is 0 Å². The van der Waals surface area contributed by atoms with E-state index in [-0.39, 0.29) is 11.6 Å². The molecule has 0 saturated heterocycles. The summed E-state index contributed by atoms with van der Waals surface area (Å²) in [7, 11) is 0. The van der Waals surface area contributed by atoms with Gasteiger partial charge in [0.05, 0.1) is 11.3 Å². The molecule has 0 fully saturated rings. The molecule has 2 amide bonds. The first-order valence-electron chi connectivity index (χ1n) is 6.57. The summed E-state index contributed by atoms with van der Waals surface area (Å²) >= 11 is 5.57. The van der Waals surface area contributed by atoms with E-state index in [0.29, 0.717) is 6.07 Å². The molecule has 1 aromatic carbocycles. The molecule has 0 heterocycles. The molecule has 8 heteroatoms. The summed E-state index contributed by atoms with van der Waals surface area (Å²) in [5, 5.41) is 4.46. The highest BCUT2D eigenvalue weighted by Gasteiger charge is 2.38. The molecular weight excluding hydrogens is 333 g/mol. The van der Waals surface area contributed by atoms with Crippen molar-refractivity contribution in [2.45, 2.75) is 20.0 Å². The number of anilines is 1. The van der Waals surface area contributed by atoms with E-state index in [2.05, 4.69) is 17.2 Å². The van der Waals surface area contributed by atoms with Crippen LogP contribution in [0.4, 0.5) is 18.9 Å². The van der Waals surface area contributed by atoms with E-state index in [4.69, 9.17) is 11.6 Å². The minimum Gasteiger partial charge on any atom is -0.352 e. The summed E-state index contributed by atoms with van der Waals surface area (Å²) in [6.45, 7) is 6.18. The van der Waals surface area contributed by atoms with E-state index in [1.54, 1.807) is 0 Å². The SMILES string of the molecule is C=CCNC(=O)C(C)(C)C(=O)Nc1ccc(Cl)cc1C(F)(F)F. The first-order chi connectivity index (χ1) is 10.5. The standard InChI is InChI=1S/C15H16ClF3N2O2/c1-4-7-20-12(22)14(2,3)13(23)21-11-6-5-9(16)8-10(11)15(17,18)19/h4-6,8H,1,7H2,2-3H3,(H,20,22)(H,21,23). The summed E-state index contributed by atoms with van der Waals surface area (Å²) in [5.74, 6) is -1.50. The minimum atomic E-state index is -4.69. The van der Waals surface area contributed by atoms with E-state index in [1.165, 1.54) is 26.0 Å². The molecule has 2 N–H and O–H groups in total. The number of amides is 2. The lowest BCUT2D eigenvalue weighted by Crippen LogP contribution is -2.45. The van der Waals surface area contributed by atoms with Gasteiger partial charge in [-0.05, 0) is 32.0 Å². The van der Waals surface area contributed by atoms with E-state index in [9.17, 15) is 22.8 Å². The lowest BCUT2D eigenvalue weighted by molar-refractivity contribution is -0.138. The Hall–Kier alpha value is -2.02. The van der Waals surface area contributed by atoms with Gasteiger partial charge in [0.1, 0.15) is 5.41 Å². The molecule has 0 unspecified atom stereocenters. The number of benzene rings is 1. The molecule has 0 saturated carbocycles. The van der Waals surface area contributed by atoms with Crippen molar-refractivity contribution in [1.82, 2.24) is 5.32 Å². The highest BCUT2D eigenvalue weighted by Crippen LogP contribution is 2.37. The second-order valence-electron chi connectivity index (χ2n) is 5.27. The molecule has 0 spiro atoms. The Morgan fingerprint density at radius 1 is 1.26 bits per heavy atom. The number of carbonyl (C=O) groups is 2. The van der Waals surface area contributed by atoms with E-state index in [1.807, 2.05) is 0 Å². The van der Waals surface area contributed by atoms with Gasteiger partial charge < -0.3 is 10.6 Å². The average molecular weight is 349 g/mol. The van der Waals surface area contributed by atoms with Crippen molar-refractivity contribution in [3.05, 3.63) is 41.4 Å². The number of hydrogen-bond acceptors (Lipinski definition) is 2. The number of halogens is 4. The van der Waals surface area contributed by atoms with Crippen LogP contribution in [0.3, 0.4) is 0 Å². The van der Waals surface area contributed by atoms with Gasteiger partial charge in [0, 0.05) is 11.6 Å². The fraction of sp³-hybridized carbons (Fsp3) is 0.333. The Bertz CT molecular complexity index is 628. The topological polar surface area (TPSA) is 58.2 Å². The number of rotatable bonds is 5. The van der Waals surface area contributed by atoms with Gasteiger partial charge in [0.2, 0.25) is 11.8 Å². The first-order valence-corrected chi connectivity index (χ1v) is 6.95. The number of carbonyl (C=O) groups excluding carboxylic acids is 2. The molecular formula is C15H16ClF3N2O2. The summed E-state index contributed by atoms with van der Waals surface area (Å²) in [5.41, 5.74) is -3.11. The van der Waals surface area contributed by atoms with Gasteiger partial charge in [-0.25, -0.2) is 0 Å². The zero-order valence-corrected chi connectivity index (χ0v) is 13.3. The largest absolute Gasteiger partial charge is 0.418 e. The van der Waals surface area contributed by atoms with Crippen molar-refractivity contribution < 1.29 is 22.8 Å². The van der Waals surface area contributed by atoms with Gasteiger partial charge in [-0.2, -0.15) is 13.2 Å². The Morgan fingerprint density at radius 3 is 2.39 bits per heavy atom. The number of nitrogens with one attached hydrogen (secondary N) is 2. The van der Waals surface area contributed by atoms with Gasteiger partial charge in [-0.15, -0.1) is 6.58 Å². The third kappa shape index (κ3) is 4.72. The Labute approximate surface area is 136 Å². The van der Waals surface area contributed by atoms with E-state index < -0.39 is 34.7 Å². The summed E-state index contributed by atoms with van der Waals surface area (Å²) in [4.78, 5) is 24.1. The second kappa shape index (κ2) is 7.04. The summed E-state index contributed by atoms with van der Waals surface area (Å²) < 4.78 is 39.0. The summed E-state index contributed by atoms with van der Waals surface area (Å²) in [6, 6.07) is 2.97. The fourth-order valence-electron chi connectivity index (χ4n) is 1.63. The number of alkyl halides is 3. The van der Waals surface area contributed by atoms with Crippen LogP contribution in [0.25, 0.3) is 0 Å². The molecule has 0 aliphatic heterocycles. The third-order valence-corrected chi connectivity index (χ3v) is 3.31. The highest BCUT2D eigenvalue weighted by molar-refractivity contribution is 6.30. The van der Waals surface area contributed by atoms with E-state index in [0.717, 1.165) is 6.07 Å². The van der Waals surface area contributed by atoms with Crippen LogP contribution in [-0.4, -0.2) is 18.4 Å². The maximum atomic E-state index is 13.0. The smallest absolute Gasteiger partial charge is 0.352 e. The Morgan fingerprint density at radius 2 is 1.87 bits per heavy atom. The van der Waals surface area contributed by atoms with Crippen molar-refractivity contribution in [2.75, 3.05) is 11.9 Å². The van der Waals surface area contributed by atoms with Gasteiger partial charge in [0.25, 0.3) is 0 Å². The predicted octanol–water partition coefficient (Wildman–Crippen LogP) is 3.63. The van der Waals surface area contributed by atoms with Crippen LogP contribution in [0.2, 0.25) is 5.02 Å². The Balaban J connectivity index is 3.06. The molecule has 126 valence electrons. The quantitative estimate of drug-likeness (QED) is 0.630. The highest BCUT2D eigenvalue weighted by atomic mass is 35.5. The molecule has 0 atom stereocenters. The maximum Gasteiger partial charge on any atom is 0.418 e. The lowest BCUT2D eigenvalue weighted by Gasteiger charge is -2.23. The van der Waals surface area contributed by atoms with Crippen LogP contribution < -0.4 is 10.6 Å². The molecule has 1 aromatic rings. The lowest BCUT2D eigenvalue weighted by atomic mass is 9.90. The van der Waals surface area contributed by atoms with Crippen molar-refractivity contribution in [3.63, 3.8) is 0 Å². The molecule has 23 heavy (non-hydrogen) atoms. The summed E-state index contributed by atoms with van der Waals surface area (Å²) in [6.07, 6.45) is -3.27. The van der Waals surface area contributed by atoms with E-state index >= 15 is 0 Å². The van der Waals surface area contributed by atoms with Crippen LogP contribution in [-0.2, 0) is 15.8 Å². The van der Waals surface area contributed by atoms with Crippen molar-refractivity contribution in [3.8, 4) is 0 Å². The molecule has 1 rings (SSSR count). The van der Waals surface area contributed by atoms with Gasteiger partial charge >= 0.3 is 6.18 Å². The molecule has 0 aliphatic rings. The van der Waals surface area contributed by atoms with Crippen LogP contribution in [0.5, 0.6) is 0 Å². The third-order valence-electron chi connectivity index (χ3n) is 3.08. The Kier molecular flexibility index (Phi) is 5.82. The molecule has 0 radical (unpaired) electrons. The zero-order chi connectivity index (χ0) is 17.8. The predicted molar refractivity (Wildman–Crippen MR) is 82.1 cm³/mol. The first kappa shape index (κ1) is 19.0. The van der Waals surface area contributed by atoms with Crippen LogP contribution >= 0.6 is 11.6 Å². The zero-order valence-electron chi connectivity index (χ0n) is 12.6. The van der Waals surface area contributed by atoms with Gasteiger partial charge in [0.15, 0.2) is 0 Å². The second-order valence-corrected chi connectivity index (χ2v) is 5.70. The monoisotopic (exact) mass is 348 g/mol. The normalized spacial score (nSPS) is 11.7. The van der Waals surface area contributed by atoms with Crippen LogP contribution in [0.15, 0.2) is 30.9 Å². The fourth-order valence-corrected chi connectivity index (χ4v) is 1.80. The minimum absolute atomic E-state index is 0.113. The molecule has 0 aliphatic carbocycles. The molecule has 4 nitrogen and oxygen atoms in total. The molecule has 0 aromatic heterocycles. The molecule has 0 bridgehead atoms. The van der Waals surface area contributed by atoms with Crippen LogP contribution in [0.1, 0.15) is 19.4 Å². The van der Waals surface area contributed by atoms with Gasteiger partial charge in [-0.1, -0.05) is 17.7 Å². The van der Waals surface area contributed by atoms with Gasteiger partial charge in [-0.3, -0.25) is 9.59 Å².